The number of nitrogens with zero attached hydrogens (tertiary/aromatic N) is 4. The Hall–Kier alpha value is -3.43. The first-order valence-electron chi connectivity index (χ1n) is 11.8. The van der Waals surface area contributed by atoms with E-state index in [1.165, 1.54) is 12.8 Å². The number of anilines is 1. The van der Waals surface area contributed by atoms with E-state index in [0.29, 0.717) is 23.0 Å². The van der Waals surface area contributed by atoms with Crippen molar-refractivity contribution < 1.29 is 9.53 Å². The van der Waals surface area contributed by atoms with Crippen molar-refractivity contribution in [2.75, 3.05) is 51.3 Å². The van der Waals surface area contributed by atoms with Gasteiger partial charge in [0.15, 0.2) is 0 Å². The van der Waals surface area contributed by atoms with Gasteiger partial charge in [-0.1, -0.05) is 30.3 Å². The molecule has 2 saturated heterocycles. The van der Waals surface area contributed by atoms with E-state index in [0.717, 1.165) is 56.3 Å². The first kappa shape index (κ1) is 22.4. The Kier molecular flexibility index (Phi) is 6.46. The zero-order valence-corrected chi connectivity index (χ0v) is 19.5. The van der Waals surface area contributed by atoms with Gasteiger partial charge >= 0.3 is 0 Å². The number of methoxy groups -OCH3 is 1. The van der Waals surface area contributed by atoms with E-state index in [1.807, 2.05) is 36.4 Å². The number of carbonyl (C=O) groups is 1. The average Bonchev–Trinajstić information content (AvgIpc) is 3.43. The molecule has 0 unspecified atom stereocenters. The number of hydrogen-bond donors (Lipinski definition) is 3. The molecule has 0 radical (unpaired) electrons. The summed E-state index contributed by atoms with van der Waals surface area (Å²) in [6, 6.07) is 12.1. The molecule has 2 aliphatic heterocycles. The molecule has 3 aromatic rings. The number of primary amides is 1. The fourth-order valence-corrected chi connectivity index (χ4v) is 5.13. The smallest absolute Gasteiger partial charge is 0.254 e. The van der Waals surface area contributed by atoms with Crippen molar-refractivity contribution in [2.45, 2.75) is 18.9 Å². The molecule has 9 heteroatoms. The van der Waals surface area contributed by atoms with Gasteiger partial charge in [-0.2, -0.15) is 5.10 Å². The van der Waals surface area contributed by atoms with Crippen molar-refractivity contribution in [2.24, 2.45) is 5.73 Å². The molecule has 2 fully saturated rings. The van der Waals surface area contributed by atoms with E-state index >= 15 is 0 Å². The van der Waals surface area contributed by atoms with E-state index in [4.69, 9.17) is 15.5 Å². The lowest BCUT2D eigenvalue weighted by Crippen LogP contribution is -2.53. The first-order valence-corrected chi connectivity index (χ1v) is 11.8. The van der Waals surface area contributed by atoms with Crippen molar-refractivity contribution >= 4 is 11.7 Å². The lowest BCUT2D eigenvalue weighted by Gasteiger charge is -2.41. The summed E-state index contributed by atoms with van der Waals surface area (Å²) in [6.07, 6.45) is 4.07. The predicted octanol–water partition coefficient (Wildman–Crippen LogP) is 2.12. The van der Waals surface area contributed by atoms with Crippen LogP contribution in [0.4, 0.5) is 5.82 Å². The Morgan fingerprint density at radius 3 is 2.44 bits per heavy atom. The van der Waals surface area contributed by atoms with Gasteiger partial charge in [0.1, 0.15) is 17.1 Å². The van der Waals surface area contributed by atoms with Crippen molar-refractivity contribution in [3.8, 4) is 28.3 Å². The number of benzene rings is 1. The number of nitrogens with one attached hydrogen (secondary N) is 2. The SMILES string of the molecule is COc1c(C(N)=O)c(-c2ccccc2)nc(N2CCN(C3CCNCC3)CC2)c1-c1ccn[nH]1. The highest BCUT2D eigenvalue weighted by Gasteiger charge is 2.31. The highest BCUT2D eigenvalue weighted by atomic mass is 16.5. The summed E-state index contributed by atoms with van der Waals surface area (Å²) in [4.78, 5) is 22.6. The highest BCUT2D eigenvalue weighted by Crippen LogP contribution is 2.43. The van der Waals surface area contributed by atoms with Crippen LogP contribution in [0.25, 0.3) is 22.5 Å². The van der Waals surface area contributed by atoms with Crippen molar-refractivity contribution in [3.63, 3.8) is 0 Å². The molecular formula is C25H31N7O2. The summed E-state index contributed by atoms with van der Waals surface area (Å²) in [5, 5.41) is 10.6. The Balaban J connectivity index is 1.59. The van der Waals surface area contributed by atoms with Gasteiger partial charge in [-0.05, 0) is 32.0 Å². The number of hydrogen-bond acceptors (Lipinski definition) is 7. The van der Waals surface area contributed by atoms with Crippen molar-refractivity contribution in [1.29, 1.82) is 0 Å². The number of aromatic nitrogens is 3. The van der Waals surface area contributed by atoms with Gasteiger partial charge < -0.3 is 20.7 Å². The predicted molar refractivity (Wildman–Crippen MR) is 132 cm³/mol. The Labute approximate surface area is 199 Å². The minimum atomic E-state index is -0.578. The molecule has 0 saturated carbocycles. The molecule has 34 heavy (non-hydrogen) atoms. The summed E-state index contributed by atoms with van der Waals surface area (Å²) >= 11 is 0. The molecule has 5 rings (SSSR count). The fourth-order valence-electron chi connectivity index (χ4n) is 5.13. The number of ether oxygens (including phenoxy) is 1. The van der Waals surface area contributed by atoms with E-state index < -0.39 is 5.91 Å². The van der Waals surface area contributed by atoms with E-state index in [1.54, 1.807) is 13.3 Å². The third kappa shape index (κ3) is 4.24. The van der Waals surface area contributed by atoms with Crippen LogP contribution in [0, 0.1) is 0 Å². The zero-order chi connectivity index (χ0) is 23.5. The van der Waals surface area contributed by atoms with Crippen LogP contribution < -0.4 is 20.7 Å². The third-order valence-corrected chi connectivity index (χ3v) is 6.84. The Morgan fingerprint density at radius 1 is 1.09 bits per heavy atom. The number of aromatic amines is 1. The van der Waals surface area contributed by atoms with Gasteiger partial charge in [-0.25, -0.2) is 4.98 Å². The molecule has 9 nitrogen and oxygen atoms in total. The second-order valence-electron chi connectivity index (χ2n) is 8.77. The standard InChI is InChI=1S/C25H31N7O2/c1-34-23-20(19-9-12-28-30-19)25(29-22(21(23)24(26)33)17-5-3-2-4-6-17)32-15-13-31(14-16-32)18-7-10-27-11-8-18/h2-6,9,12,18,27H,7-8,10-11,13-16H2,1H3,(H2,26,33)(H,28,30). The summed E-state index contributed by atoms with van der Waals surface area (Å²) < 4.78 is 5.84. The fraction of sp³-hybridized carbons (Fsp3) is 0.400. The molecule has 2 aromatic heterocycles. The van der Waals surface area contributed by atoms with Crippen LogP contribution in [0.2, 0.25) is 0 Å². The molecule has 0 bridgehead atoms. The molecule has 4 heterocycles. The summed E-state index contributed by atoms with van der Waals surface area (Å²) in [5.74, 6) is 0.613. The van der Waals surface area contributed by atoms with Crippen LogP contribution in [0.5, 0.6) is 5.75 Å². The normalized spacial score (nSPS) is 17.6. The highest BCUT2D eigenvalue weighted by molar-refractivity contribution is 6.05. The molecule has 1 amide bonds. The molecule has 178 valence electrons. The topological polar surface area (TPSA) is 112 Å². The maximum atomic E-state index is 12.7. The molecule has 4 N–H and O–H groups in total. The Bertz CT molecular complexity index is 1120. The largest absolute Gasteiger partial charge is 0.495 e. The molecule has 0 atom stereocenters. The van der Waals surface area contributed by atoms with Crippen LogP contribution in [-0.2, 0) is 0 Å². The van der Waals surface area contributed by atoms with E-state index in [2.05, 4.69) is 25.3 Å². The van der Waals surface area contributed by atoms with Crippen LogP contribution in [-0.4, -0.2) is 78.4 Å². The Morgan fingerprint density at radius 2 is 1.82 bits per heavy atom. The second-order valence-corrected chi connectivity index (χ2v) is 8.77. The van der Waals surface area contributed by atoms with E-state index in [9.17, 15) is 4.79 Å². The summed E-state index contributed by atoms with van der Waals surface area (Å²) in [5.41, 5.74) is 8.94. The van der Waals surface area contributed by atoms with Gasteiger partial charge in [0.25, 0.3) is 5.91 Å². The molecule has 2 aliphatic rings. The number of rotatable bonds is 6. The van der Waals surface area contributed by atoms with Gasteiger partial charge in [0, 0.05) is 44.0 Å². The second kappa shape index (κ2) is 9.82. The number of carbonyl (C=O) groups excluding carboxylic acids is 1. The molecule has 0 spiro atoms. The summed E-state index contributed by atoms with van der Waals surface area (Å²) in [7, 11) is 1.56. The molecule has 0 aliphatic carbocycles. The number of amides is 1. The van der Waals surface area contributed by atoms with Gasteiger partial charge in [-0.3, -0.25) is 14.8 Å². The van der Waals surface area contributed by atoms with Crippen LogP contribution in [0.3, 0.4) is 0 Å². The quantitative estimate of drug-likeness (QED) is 0.515. The van der Waals surface area contributed by atoms with Crippen molar-refractivity contribution in [1.82, 2.24) is 25.4 Å². The van der Waals surface area contributed by atoms with Crippen LogP contribution in [0.1, 0.15) is 23.2 Å². The molecular weight excluding hydrogens is 430 g/mol. The average molecular weight is 462 g/mol. The number of H-pyrrole nitrogens is 1. The number of nitrogens with two attached hydrogens (primary N) is 1. The van der Waals surface area contributed by atoms with Crippen molar-refractivity contribution in [3.05, 3.63) is 48.2 Å². The number of piperazine rings is 1. The van der Waals surface area contributed by atoms with Gasteiger partial charge in [-0.15, -0.1) is 0 Å². The minimum Gasteiger partial charge on any atom is -0.495 e. The number of pyridine rings is 1. The first-order chi connectivity index (χ1) is 16.7. The minimum absolute atomic E-state index is 0.274. The van der Waals surface area contributed by atoms with Gasteiger partial charge in [0.2, 0.25) is 0 Å². The maximum absolute atomic E-state index is 12.7. The lowest BCUT2D eigenvalue weighted by atomic mass is 9.99. The van der Waals surface area contributed by atoms with Crippen LogP contribution in [0.15, 0.2) is 42.6 Å². The number of piperidine rings is 1. The van der Waals surface area contributed by atoms with Crippen LogP contribution >= 0.6 is 0 Å². The zero-order valence-electron chi connectivity index (χ0n) is 19.5. The maximum Gasteiger partial charge on any atom is 0.254 e. The van der Waals surface area contributed by atoms with Gasteiger partial charge in [0.05, 0.1) is 24.1 Å². The third-order valence-electron chi connectivity index (χ3n) is 6.84. The monoisotopic (exact) mass is 461 g/mol. The van der Waals surface area contributed by atoms with E-state index in [-0.39, 0.29) is 5.56 Å². The lowest BCUT2D eigenvalue weighted by molar-refractivity contribution is 0.0998. The molecule has 1 aromatic carbocycles. The summed E-state index contributed by atoms with van der Waals surface area (Å²) in [6.45, 7) is 5.78.